The summed E-state index contributed by atoms with van der Waals surface area (Å²) in [5.41, 5.74) is 7.65. The second-order valence-corrected chi connectivity index (χ2v) is 11.9. The summed E-state index contributed by atoms with van der Waals surface area (Å²) in [7, 11) is 0. The Kier molecular flexibility index (Phi) is 6.42. The molecular weight excluding hydrogens is 482 g/mol. The third-order valence-corrected chi connectivity index (χ3v) is 8.25. The summed E-state index contributed by atoms with van der Waals surface area (Å²) in [6.45, 7) is 6.64. The number of thiazole rings is 1. The molecule has 0 bridgehead atoms. The highest BCUT2D eigenvalue weighted by Crippen LogP contribution is 2.57. The summed E-state index contributed by atoms with van der Waals surface area (Å²) in [6, 6.07) is 1.87. The number of primary amides is 1. The van der Waals surface area contributed by atoms with E-state index in [4.69, 9.17) is 15.2 Å². The van der Waals surface area contributed by atoms with Crippen molar-refractivity contribution in [1.29, 1.82) is 0 Å². The first-order valence-electron chi connectivity index (χ1n) is 12.3. The lowest BCUT2D eigenvalue weighted by Gasteiger charge is -2.57. The fraction of sp³-hybridized carbons (Fsp3) is 0.600. The molecule has 1 spiro atoms. The van der Waals surface area contributed by atoms with E-state index in [9.17, 15) is 14.7 Å². The molecule has 5 N–H and O–H groups in total. The van der Waals surface area contributed by atoms with Gasteiger partial charge in [-0.15, -0.1) is 0 Å². The zero-order valence-electron chi connectivity index (χ0n) is 20.8. The minimum absolute atomic E-state index is 0.0155. The number of aliphatic hydroxyl groups is 1. The fourth-order valence-electron chi connectivity index (χ4n) is 5.33. The molecule has 194 valence electrons. The van der Waals surface area contributed by atoms with Gasteiger partial charge in [0.15, 0.2) is 5.13 Å². The van der Waals surface area contributed by atoms with E-state index in [0.29, 0.717) is 53.3 Å². The Morgan fingerprint density at radius 3 is 2.75 bits per heavy atom. The van der Waals surface area contributed by atoms with Crippen molar-refractivity contribution in [2.45, 2.75) is 77.2 Å². The van der Waals surface area contributed by atoms with E-state index in [-0.39, 0.29) is 23.5 Å². The number of fused-ring (bicyclic) bond motifs is 1. The van der Waals surface area contributed by atoms with Gasteiger partial charge in [0.25, 0.3) is 11.8 Å². The highest BCUT2D eigenvalue weighted by Gasteiger charge is 2.54. The minimum Gasteiger partial charge on any atom is -0.474 e. The molecule has 1 aliphatic heterocycles. The molecule has 2 amide bonds. The SMILES string of the molecule is Cc1nc(NCC(C)(C)O)sc1C(=O)NC1CC2(C1)CC(Oc1nc3c(cc1C(N)=O)COCC3)C2. The van der Waals surface area contributed by atoms with Crippen LogP contribution in [0.1, 0.15) is 76.5 Å². The predicted octanol–water partition coefficient (Wildman–Crippen LogP) is 2.32. The van der Waals surface area contributed by atoms with Gasteiger partial charge in [0.05, 0.1) is 30.2 Å². The number of anilines is 1. The predicted molar refractivity (Wildman–Crippen MR) is 134 cm³/mol. The van der Waals surface area contributed by atoms with E-state index in [1.54, 1.807) is 19.9 Å². The first kappa shape index (κ1) is 24.9. The number of aryl methyl sites for hydroxylation is 1. The number of hydrogen-bond donors (Lipinski definition) is 4. The Labute approximate surface area is 214 Å². The largest absolute Gasteiger partial charge is 0.474 e. The van der Waals surface area contributed by atoms with Crippen molar-refractivity contribution >= 4 is 28.3 Å². The number of pyridine rings is 1. The quantitative estimate of drug-likeness (QED) is 0.419. The Bertz CT molecular complexity index is 1180. The molecule has 0 radical (unpaired) electrons. The molecule has 2 aromatic rings. The van der Waals surface area contributed by atoms with Crippen molar-refractivity contribution in [2.75, 3.05) is 18.5 Å². The topological polar surface area (TPSA) is 149 Å². The van der Waals surface area contributed by atoms with Gasteiger partial charge in [0, 0.05) is 24.6 Å². The molecule has 0 aromatic carbocycles. The molecule has 5 rings (SSSR count). The van der Waals surface area contributed by atoms with Gasteiger partial charge in [0.1, 0.15) is 16.5 Å². The first-order valence-corrected chi connectivity index (χ1v) is 13.1. The van der Waals surface area contributed by atoms with Crippen LogP contribution in [-0.4, -0.2) is 57.8 Å². The maximum atomic E-state index is 12.8. The lowest BCUT2D eigenvalue weighted by Crippen LogP contribution is -2.58. The number of carbonyl (C=O) groups is 2. The monoisotopic (exact) mass is 515 g/mol. The van der Waals surface area contributed by atoms with Crippen molar-refractivity contribution in [3.05, 3.63) is 33.5 Å². The summed E-state index contributed by atoms with van der Waals surface area (Å²) >= 11 is 1.30. The van der Waals surface area contributed by atoms with Gasteiger partial charge < -0.3 is 30.9 Å². The number of carbonyl (C=O) groups excluding carboxylic acids is 2. The standard InChI is InChI=1S/C25H33N5O5S/c1-13-19(36-23(28-13)27-12-24(2,3)33)21(32)29-15-7-25(8-15)9-16(10-25)35-22-17(20(26)31)6-14-11-34-5-4-18(14)30-22/h6,15-16,33H,4-5,7-12H2,1-3H3,(H2,26,31)(H,27,28)(H,29,32). The van der Waals surface area contributed by atoms with Gasteiger partial charge >= 0.3 is 0 Å². The second-order valence-electron chi connectivity index (χ2n) is 10.9. The van der Waals surface area contributed by atoms with E-state index in [0.717, 1.165) is 36.9 Å². The molecule has 0 unspecified atom stereocenters. The van der Waals surface area contributed by atoms with Gasteiger partial charge in [-0.3, -0.25) is 9.59 Å². The summed E-state index contributed by atoms with van der Waals surface area (Å²) in [5.74, 6) is -0.341. The third-order valence-electron chi connectivity index (χ3n) is 7.13. The smallest absolute Gasteiger partial charge is 0.263 e. The molecule has 3 aliphatic rings. The minimum atomic E-state index is -0.862. The Morgan fingerprint density at radius 1 is 1.31 bits per heavy atom. The number of nitrogens with one attached hydrogen (secondary N) is 2. The van der Waals surface area contributed by atoms with Crippen molar-refractivity contribution in [1.82, 2.24) is 15.3 Å². The van der Waals surface area contributed by atoms with Crippen molar-refractivity contribution in [3.63, 3.8) is 0 Å². The summed E-state index contributed by atoms with van der Waals surface area (Å²) in [6.07, 6.45) is 4.21. The number of aromatic nitrogens is 2. The molecule has 36 heavy (non-hydrogen) atoms. The van der Waals surface area contributed by atoms with Crippen molar-refractivity contribution in [3.8, 4) is 5.88 Å². The van der Waals surface area contributed by atoms with E-state index in [1.165, 1.54) is 11.3 Å². The van der Waals surface area contributed by atoms with E-state index >= 15 is 0 Å². The Hall–Kier alpha value is -2.76. The van der Waals surface area contributed by atoms with E-state index in [2.05, 4.69) is 20.6 Å². The summed E-state index contributed by atoms with van der Waals surface area (Å²) < 4.78 is 11.6. The highest BCUT2D eigenvalue weighted by molar-refractivity contribution is 7.17. The zero-order chi connectivity index (χ0) is 25.7. The van der Waals surface area contributed by atoms with Crippen LogP contribution in [0.2, 0.25) is 0 Å². The molecule has 2 aliphatic carbocycles. The summed E-state index contributed by atoms with van der Waals surface area (Å²) in [5, 5.41) is 16.7. The number of nitrogens with zero attached hydrogens (tertiary/aromatic N) is 2. The van der Waals surface area contributed by atoms with Crippen LogP contribution in [0.4, 0.5) is 5.13 Å². The average Bonchev–Trinajstić information content (AvgIpc) is 3.14. The van der Waals surface area contributed by atoms with Crippen LogP contribution in [0, 0.1) is 12.3 Å². The Morgan fingerprint density at radius 2 is 2.06 bits per heavy atom. The van der Waals surface area contributed by atoms with Gasteiger partial charge in [-0.1, -0.05) is 11.3 Å². The average molecular weight is 516 g/mol. The van der Waals surface area contributed by atoms with Crippen molar-refractivity contribution < 1.29 is 24.2 Å². The molecule has 0 atom stereocenters. The lowest BCUT2D eigenvalue weighted by molar-refractivity contribution is -0.0849. The Balaban J connectivity index is 1.12. The van der Waals surface area contributed by atoms with Crippen LogP contribution in [0.5, 0.6) is 5.88 Å². The molecule has 2 aromatic heterocycles. The van der Waals surface area contributed by atoms with Gasteiger partial charge in [-0.25, -0.2) is 9.97 Å². The summed E-state index contributed by atoms with van der Waals surface area (Å²) in [4.78, 5) is 34.4. The number of hydrogen-bond acceptors (Lipinski definition) is 9. The van der Waals surface area contributed by atoms with Crippen LogP contribution in [0.25, 0.3) is 0 Å². The molecular formula is C25H33N5O5S. The first-order chi connectivity index (χ1) is 17.0. The van der Waals surface area contributed by atoms with E-state index in [1.807, 2.05) is 6.92 Å². The molecule has 3 heterocycles. The highest BCUT2D eigenvalue weighted by atomic mass is 32.1. The molecule has 0 saturated heterocycles. The molecule has 11 heteroatoms. The van der Waals surface area contributed by atoms with E-state index < -0.39 is 11.5 Å². The molecule has 2 saturated carbocycles. The molecule has 10 nitrogen and oxygen atoms in total. The van der Waals surface area contributed by atoms with Gasteiger partial charge in [-0.05, 0) is 57.9 Å². The van der Waals surface area contributed by atoms with Crippen LogP contribution in [0.15, 0.2) is 6.07 Å². The van der Waals surface area contributed by atoms with Crippen LogP contribution in [0.3, 0.4) is 0 Å². The fourth-order valence-corrected chi connectivity index (χ4v) is 6.19. The lowest BCUT2D eigenvalue weighted by atomic mass is 9.53. The van der Waals surface area contributed by atoms with Gasteiger partial charge in [-0.2, -0.15) is 0 Å². The van der Waals surface area contributed by atoms with Crippen LogP contribution in [-0.2, 0) is 17.8 Å². The number of nitrogens with two attached hydrogens (primary N) is 1. The van der Waals surface area contributed by atoms with Crippen molar-refractivity contribution in [2.24, 2.45) is 11.1 Å². The maximum absolute atomic E-state index is 12.8. The van der Waals surface area contributed by atoms with Crippen LogP contribution < -0.4 is 21.1 Å². The maximum Gasteiger partial charge on any atom is 0.263 e. The van der Waals surface area contributed by atoms with Gasteiger partial charge in [0.2, 0.25) is 5.88 Å². The molecule has 2 fully saturated rings. The number of amides is 2. The second kappa shape index (κ2) is 9.28. The normalized spacial score (nSPS) is 24.9. The zero-order valence-corrected chi connectivity index (χ0v) is 21.7. The number of rotatable bonds is 8. The van der Waals surface area contributed by atoms with Crippen LogP contribution >= 0.6 is 11.3 Å². The number of ether oxygens (including phenoxy) is 2. The third kappa shape index (κ3) is 5.18.